The molecule has 6 aromatic carbocycles. The molecule has 2 aromatic heterocycles. The van der Waals surface area contributed by atoms with Gasteiger partial charge < -0.3 is 4.42 Å². The van der Waals surface area contributed by atoms with E-state index in [9.17, 15) is 0 Å². The van der Waals surface area contributed by atoms with E-state index in [1.54, 1.807) is 0 Å². The maximum absolute atomic E-state index is 6.23. The van der Waals surface area contributed by atoms with Gasteiger partial charge in [-0.3, -0.25) is 0 Å². The fourth-order valence-electron chi connectivity index (χ4n) is 7.03. The van der Waals surface area contributed by atoms with Gasteiger partial charge in [-0.25, -0.2) is 15.0 Å². The number of fused-ring (bicyclic) bond motifs is 8. The molecular formula is C40H27N3O. The summed E-state index contributed by atoms with van der Waals surface area (Å²) in [6.07, 6.45) is 0. The SMILES string of the molecule is CC1(C)c2ccccc2-c2c1cc(-c1nc(-c3ccccc3)nc(-c3cccc4oc5ccccc5c34)n1)c1ccccc21. The van der Waals surface area contributed by atoms with E-state index < -0.39 is 0 Å². The van der Waals surface area contributed by atoms with Crippen molar-refractivity contribution >= 4 is 32.7 Å². The van der Waals surface area contributed by atoms with Gasteiger partial charge >= 0.3 is 0 Å². The number of hydrogen-bond donors (Lipinski definition) is 0. The molecule has 4 heteroatoms. The minimum atomic E-state index is -0.163. The molecular weight excluding hydrogens is 538 g/mol. The van der Waals surface area contributed by atoms with Crippen LogP contribution in [0.2, 0.25) is 0 Å². The van der Waals surface area contributed by atoms with Crippen molar-refractivity contribution in [2.75, 3.05) is 0 Å². The van der Waals surface area contributed by atoms with Crippen molar-refractivity contribution in [3.05, 3.63) is 139 Å². The Bertz CT molecular complexity index is 2420. The normalized spacial score (nSPS) is 13.4. The average molecular weight is 566 g/mol. The van der Waals surface area contributed by atoms with Crippen LogP contribution in [0, 0.1) is 0 Å². The second kappa shape index (κ2) is 9.19. The maximum atomic E-state index is 6.23. The number of aromatic nitrogens is 3. The van der Waals surface area contributed by atoms with Crippen LogP contribution in [-0.4, -0.2) is 15.0 Å². The van der Waals surface area contributed by atoms with Crippen LogP contribution in [0.4, 0.5) is 0 Å². The van der Waals surface area contributed by atoms with Crippen LogP contribution in [0.15, 0.2) is 132 Å². The van der Waals surface area contributed by atoms with Gasteiger partial charge in [0.1, 0.15) is 11.2 Å². The Labute approximate surface area is 254 Å². The second-order valence-electron chi connectivity index (χ2n) is 12.0. The third-order valence-electron chi connectivity index (χ3n) is 9.14. The molecule has 1 aliphatic rings. The molecule has 8 aromatic rings. The largest absolute Gasteiger partial charge is 0.456 e. The van der Waals surface area contributed by atoms with Crippen LogP contribution in [-0.2, 0) is 5.41 Å². The Balaban J connectivity index is 1.37. The lowest BCUT2D eigenvalue weighted by Gasteiger charge is -2.22. The van der Waals surface area contributed by atoms with Crippen LogP contribution in [0.5, 0.6) is 0 Å². The van der Waals surface area contributed by atoms with Crippen LogP contribution in [0.25, 0.3) is 78.0 Å². The number of benzene rings is 6. The van der Waals surface area contributed by atoms with E-state index in [1.165, 1.54) is 27.6 Å². The smallest absolute Gasteiger partial charge is 0.164 e. The van der Waals surface area contributed by atoms with Crippen LogP contribution < -0.4 is 0 Å². The molecule has 44 heavy (non-hydrogen) atoms. The Hall–Kier alpha value is -5.61. The first kappa shape index (κ1) is 24.9. The van der Waals surface area contributed by atoms with Crippen LogP contribution in [0.3, 0.4) is 0 Å². The minimum absolute atomic E-state index is 0.163. The van der Waals surface area contributed by atoms with Gasteiger partial charge in [-0.05, 0) is 51.2 Å². The molecule has 0 fully saturated rings. The molecule has 0 aliphatic heterocycles. The number of para-hydroxylation sites is 1. The average Bonchev–Trinajstić information content (AvgIpc) is 3.57. The molecule has 1 aliphatic carbocycles. The summed E-state index contributed by atoms with van der Waals surface area (Å²) in [4.78, 5) is 15.5. The predicted octanol–water partition coefficient (Wildman–Crippen LogP) is 10.2. The molecule has 0 unspecified atom stereocenters. The Morgan fingerprint density at radius 2 is 1.09 bits per heavy atom. The van der Waals surface area contributed by atoms with E-state index in [0.29, 0.717) is 17.5 Å². The first-order valence-corrected chi connectivity index (χ1v) is 15.0. The molecule has 2 heterocycles. The van der Waals surface area contributed by atoms with Gasteiger partial charge in [0.2, 0.25) is 0 Å². The van der Waals surface area contributed by atoms with E-state index in [4.69, 9.17) is 19.4 Å². The molecule has 9 rings (SSSR count). The van der Waals surface area contributed by atoms with Crippen molar-refractivity contribution in [3.63, 3.8) is 0 Å². The number of hydrogen-bond acceptors (Lipinski definition) is 4. The highest BCUT2D eigenvalue weighted by Crippen LogP contribution is 2.53. The van der Waals surface area contributed by atoms with Crippen molar-refractivity contribution in [2.24, 2.45) is 0 Å². The standard InChI is InChI=1S/C40H27N3O/c1-40(2)31-20-10-8-17-27(31)35-26-16-7-6-15-25(26)30(23-32(35)40)39-42-37(24-13-4-3-5-14-24)41-38(43-39)29-19-12-22-34-36(29)28-18-9-11-21-33(28)44-34/h3-23H,1-2H3. The zero-order valence-electron chi connectivity index (χ0n) is 24.4. The highest BCUT2D eigenvalue weighted by molar-refractivity contribution is 6.12. The lowest BCUT2D eigenvalue weighted by molar-refractivity contribution is 0.661. The summed E-state index contributed by atoms with van der Waals surface area (Å²) in [6.45, 7) is 4.63. The lowest BCUT2D eigenvalue weighted by Crippen LogP contribution is -2.15. The van der Waals surface area contributed by atoms with Gasteiger partial charge in [0, 0.05) is 32.9 Å². The van der Waals surface area contributed by atoms with Crippen LogP contribution in [0.1, 0.15) is 25.0 Å². The first-order valence-electron chi connectivity index (χ1n) is 15.0. The van der Waals surface area contributed by atoms with Crippen molar-refractivity contribution in [3.8, 4) is 45.3 Å². The summed E-state index contributed by atoms with van der Waals surface area (Å²) in [6, 6.07) is 44.1. The van der Waals surface area contributed by atoms with E-state index in [2.05, 4.69) is 92.7 Å². The molecule has 0 saturated carbocycles. The maximum Gasteiger partial charge on any atom is 0.164 e. The first-order chi connectivity index (χ1) is 21.6. The summed E-state index contributed by atoms with van der Waals surface area (Å²) >= 11 is 0. The van der Waals surface area contributed by atoms with Crippen molar-refractivity contribution < 1.29 is 4.42 Å². The molecule has 0 amide bonds. The third kappa shape index (κ3) is 3.54. The number of nitrogens with zero attached hydrogens (tertiary/aromatic N) is 3. The molecule has 0 radical (unpaired) electrons. The summed E-state index contributed by atoms with van der Waals surface area (Å²) in [5.74, 6) is 1.92. The summed E-state index contributed by atoms with van der Waals surface area (Å²) in [7, 11) is 0. The topological polar surface area (TPSA) is 51.8 Å². The number of rotatable bonds is 3. The fraction of sp³-hybridized carbons (Fsp3) is 0.0750. The van der Waals surface area contributed by atoms with Gasteiger partial charge in [-0.2, -0.15) is 0 Å². The Morgan fingerprint density at radius 1 is 0.477 bits per heavy atom. The summed E-state index contributed by atoms with van der Waals surface area (Å²) < 4.78 is 6.23. The van der Waals surface area contributed by atoms with Crippen molar-refractivity contribution in [1.82, 2.24) is 15.0 Å². The Morgan fingerprint density at radius 3 is 1.93 bits per heavy atom. The van der Waals surface area contributed by atoms with Crippen molar-refractivity contribution in [2.45, 2.75) is 19.3 Å². The predicted molar refractivity (Wildman–Crippen MR) is 178 cm³/mol. The second-order valence-corrected chi connectivity index (χ2v) is 12.0. The molecule has 4 nitrogen and oxygen atoms in total. The van der Waals surface area contributed by atoms with E-state index in [1.807, 2.05) is 48.5 Å². The van der Waals surface area contributed by atoms with Gasteiger partial charge in [-0.1, -0.05) is 123 Å². The highest BCUT2D eigenvalue weighted by Gasteiger charge is 2.37. The summed E-state index contributed by atoms with van der Waals surface area (Å²) in [5.41, 5.74) is 9.61. The quantitative estimate of drug-likeness (QED) is 0.214. The zero-order valence-corrected chi connectivity index (χ0v) is 24.4. The van der Waals surface area contributed by atoms with E-state index >= 15 is 0 Å². The van der Waals surface area contributed by atoms with Gasteiger partial charge in [0.05, 0.1) is 0 Å². The molecule has 0 N–H and O–H groups in total. The number of furan rings is 1. The monoisotopic (exact) mass is 565 g/mol. The van der Waals surface area contributed by atoms with E-state index in [0.717, 1.165) is 44.0 Å². The third-order valence-corrected chi connectivity index (χ3v) is 9.14. The molecule has 0 bridgehead atoms. The van der Waals surface area contributed by atoms with Crippen LogP contribution >= 0.6 is 0 Å². The van der Waals surface area contributed by atoms with Gasteiger partial charge in [-0.15, -0.1) is 0 Å². The molecule has 208 valence electrons. The fourth-order valence-corrected chi connectivity index (χ4v) is 7.03. The minimum Gasteiger partial charge on any atom is -0.456 e. The van der Waals surface area contributed by atoms with E-state index in [-0.39, 0.29) is 5.41 Å². The summed E-state index contributed by atoms with van der Waals surface area (Å²) in [5, 5.41) is 4.39. The lowest BCUT2D eigenvalue weighted by atomic mass is 9.81. The Kier molecular flexibility index (Phi) is 5.21. The molecule has 0 saturated heterocycles. The highest BCUT2D eigenvalue weighted by atomic mass is 16.3. The van der Waals surface area contributed by atoms with Gasteiger partial charge in [0.15, 0.2) is 17.5 Å². The van der Waals surface area contributed by atoms with Gasteiger partial charge in [0.25, 0.3) is 0 Å². The molecule has 0 spiro atoms. The zero-order chi connectivity index (χ0) is 29.4. The molecule has 0 atom stereocenters. The van der Waals surface area contributed by atoms with Crippen molar-refractivity contribution in [1.29, 1.82) is 0 Å².